The van der Waals surface area contributed by atoms with E-state index in [0.717, 1.165) is 32.5 Å². The lowest BCUT2D eigenvalue weighted by Gasteiger charge is -2.46. The third-order valence-electron chi connectivity index (χ3n) is 4.42. The molecule has 114 valence electrons. The van der Waals surface area contributed by atoms with E-state index in [1.54, 1.807) is 4.90 Å². The average Bonchev–Trinajstić information content (AvgIpc) is 3.14. The molecule has 0 aromatic carbocycles. The van der Waals surface area contributed by atoms with Gasteiger partial charge in [-0.25, -0.2) is 4.79 Å². The molecule has 2 fully saturated rings. The number of hydrogen-bond acceptors (Lipinski definition) is 3. The summed E-state index contributed by atoms with van der Waals surface area (Å²) in [7, 11) is 0. The van der Waals surface area contributed by atoms with Crippen LogP contribution in [0, 0.1) is 5.92 Å². The first-order valence-electron chi connectivity index (χ1n) is 7.62. The Kier molecular flexibility index (Phi) is 4.37. The van der Waals surface area contributed by atoms with Crippen molar-refractivity contribution >= 4 is 11.9 Å². The molecule has 1 saturated carbocycles. The minimum atomic E-state index is -0.972. The number of carbonyl (C=O) groups excluding carboxylic acids is 1. The summed E-state index contributed by atoms with van der Waals surface area (Å²) in [4.78, 5) is 27.8. The zero-order valence-electron chi connectivity index (χ0n) is 12.8. The molecule has 5 nitrogen and oxygen atoms in total. The van der Waals surface area contributed by atoms with Gasteiger partial charge in [-0.15, -0.1) is 0 Å². The largest absolute Gasteiger partial charge is 0.479 e. The second-order valence-electron chi connectivity index (χ2n) is 6.65. The van der Waals surface area contributed by atoms with E-state index in [0.29, 0.717) is 18.8 Å². The highest BCUT2D eigenvalue weighted by molar-refractivity contribution is 5.86. The lowest BCUT2D eigenvalue weighted by Crippen LogP contribution is -2.62. The number of piperidine rings is 1. The van der Waals surface area contributed by atoms with Gasteiger partial charge >= 0.3 is 5.97 Å². The van der Waals surface area contributed by atoms with Gasteiger partial charge in [0.1, 0.15) is 5.54 Å². The SMILES string of the molecule is CC(=O)N(C1CC1)C1(C(=O)O)CCN(CC(C)C)CC1. The van der Waals surface area contributed by atoms with Gasteiger partial charge in [0.15, 0.2) is 0 Å². The summed E-state index contributed by atoms with van der Waals surface area (Å²) >= 11 is 0. The first-order chi connectivity index (χ1) is 9.36. The number of rotatable bonds is 5. The van der Waals surface area contributed by atoms with Gasteiger partial charge < -0.3 is 14.9 Å². The van der Waals surface area contributed by atoms with Gasteiger partial charge in [0.2, 0.25) is 5.91 Å². The molecule has 0 unspecified atom stereocenters. The van der Waals surface area contributed by atoms with Crippen LogP contribution >= 0.6 is 0 Å². The van der Waals surface area contributed by atoms with Crippen molar-refractivity contribution in [2.45, 2.75) is 58.0 Å². The van der Waals surface area contributed by atoms with Crippen LogP contribution in [-0.2, 0) is 9.59 Å². The molecular formula is C15H26N2O3. The van der Waals surface area contributed by atoms with Gasteiger partial charge in [-0.3, -0.25) is 4.79 Å². The molecule has 0 atom stereocenters. The molecular weight excluding hydrogens is 256 g/mol. The summed E-state index contributed by atoms with van der Waals surface area (Å²) in [5.41, 5.74) is -0.972. The third kappa shape index (κ3) is 2.97. The highest BCUT2D eigenvalue weighted by Gasteiger charge is 2.52. The van der Waals surface area contributed by atoms with Crippen molar-refractivity contribution < 1.29 is 14.7 Å². The molecule has 2 rings (SSSR count). The Balaban J connectivity index is 2.12. The summed E-state index contributed by atoms with van der Waals surface area (Å²) in [5.74, 6) is -0.337. The van der Waals surface area contributed by atoms with Crippen molar-refractivity contribution in [2.75, 3.05) is 19.6 Å². The van der Waals surface area contributed by atoms with Crippen LogP contribution in [0.3, 0.4) is 0 Å². The fourth-order valence-corrected chi connectivity index (χ4v) is 3.42. The average molecular weight is 282 g/mol. The number of carboxylic acid groups (broad SMARTS) is 1. The molecule has 0 aromatic heterocycles. The number of carboxylic acids is 1. The predicted octanol–water partition coefficient (Wildman–Crippen LogP) is 1.57. The lowest BCUT2D eigenvalue weighted by atomic mass is 9.85. The monoisotopic (exact) mass is 282 g/mol. The van der Waals surface area contributed by atoms with Crippen molar-refractivity contribution in [2.24, 2.45) is 5.92 Å². The number of hydrogen-bond donors (Lipinski definition) is 1. The molecule has 1 amide bonds. The first-order valence-corrected chi connectivity index (χ1v) is 7.62. The van der Waals surface area contributed by atoms with Crippen molar-refractivity contribution in [1.29, 1.82) is 0 Å². The van der Waals surface area contributed by atoms with Crippen LogP contribution in [0.25, 0.3) is 0 Å². The molecule has 5 heteroatoms. The van der Waals surface area contributed by atoms with E-state index in [9.17, 15) is 14.7 Å². The van der Waals surface area contributed by atoms with Gasteiger partial charge in [-0.2, -0.15) is 0 Å². The maximum absolute atomic E-state index is 11.9. The van der Waals surface area contributed by atoms with E-state index in [1.807, 2.05) is 0 Å². The van der Waals surface area contributed by atoms with Crippen LogP contribution in [0.2, 0.25) is 0 Å². The maximum Gasteiger partial charge on any atom is 0.329 e. The fraction of sp³-hybridized carbons (Fsp3) is 0.867. The number of likely N-dealkylation sites (tertiary alicyclic amines) is 1. The third-order valence-corrected chi connectivity index (χ3v) is 4.42. The van der Waals surface area contributed by atoms with Crippen LogP contribution < -0.4 is 0 Å². The molecule has 0 bridgehead atoms. The molecule has 1 heterocycles. The Morgan fingerprint density at radius 2 is 1.85 bits per heavy atom. The molecule has 2 aliphatic rings. The Morgan fingerprint density at radius 1 is 1.30 bits per heavy atom. The molecule has 1 N–H and O–H groups in total. The van der Waals surface area contributed by atoms with Crippen LogP contribution in [0.4, 0.5) is 0 Å². The Bertz CT molecular complexity index is 383. The quantitative estimate of drug-likeness (QED) is 0.831. The van der Waals surface area contributed by atoms with Crippen LogP contribution in [0.1, 0.15) is 46.5 Å². The van der Waals surface area contributed by atoms with Gasteiger partial charge in [0.25, 0.3) is 0 Å². The Hall–Kier alpha value is -1.10. The summed E-state index contributed by atoms with van der Waals surface area (Å²) in [5, 5.41) is 9.74. The molecule has 0 aromatic rings. The molecule has 1 aliphatic heterocycles. The summed E-state index contributed by atoms with van der Waals surface area (Å²) in [6.45, 7) is 8.38. The van der Waals surface area contributed by atoms with Crippen LogP contribution in [-0.4, -0.2) is 58.0 Å². The Labute approximate surface area is 120 Å². The van der Waals surface area contributed by atoms with Gasteiger partial charge in [-0.1, -0.05) is 13.8 Å². The van der Waals surface area contributed by atoms with Crippen LogP contribution in [0.15, 0.2) is 0 Å². The van der Waals surface area contributed by atoms with Crippen molar-refractivity contribution in [1.82, 2.24) is 9.80 Å². The van der Waals surface area contributed by atoms with E-state index in [2.05, 4.69) is 18.7 Å². The molecule has 1 saturated heterocycles. The predicted molar refractivity (Wildman–Crippen MR) is 76.4 cm³/mol. The molecule has 0 spiro atoms. The summed E-state index contributed by atoms with van der Waals surface area (Å²) in [6.07, 6.45) is 2.99. The second-order valence-corrected chi connectivity index (χ2v) is 6.65. The first kappa shape index (κ1) is 15.3. The van der Waals surface area contributed by atoms with Crippen molar-refractivity contribution in [3.05, 3.63) is 0 Å². The number of aliphatic carboxylic acids is 1. The second kappa shape index (κ2) is 5.72. The molecule has 20 heavy (non-hydrogen) atoms. The Morgan fingerprint density at radius 3 is 2.20 bits per heavy atom. The topological polar surface area (TPSA) is 60.9 Å². The van der Waals surface area contributed by atoms with Crippen molar-refractivity contribution in [3.63, 3.8) is 0 Å². The van der Waals surface area contributed by atoms with Gasteiger partial charge in [0.05, 0.1) is 0 Å². The van der Waals surface area contributed by atoms with Crippen molar-refractivity contribution in [3.8, 4) is 0 Å². The molecule has 1 aliphatic carbocycles. The normalized spacial score (nSPS) is 22.8. The van der Waals surface area contributed by atoms with Gasteiger partial charge in [-0.05, 0) is 31.6 Å². The minimum absolute atomic E-state index is 0.0905. The minimum Gasteiger partial charge on any atom is -0.479 e. The molecule has 0 radical (unpaired) electrons. The summed E-state index contributed by atoms with van der Waals surface area (Å²) in [6, 6.07) is 0.153. The highest BCUT2D eigenvalue weighted by atomic mass is 16.4. The van der Waals surface area contributed by atoms with E-state index >= 15 is 0 Å². The lowest BCUT2D eigenvalue weighted by molar-refractivity contribution is -0.163. The zero-order valence-corrected chi connectivity index (χ0v) is 12.8. The smallest absolute Gasteiger partial charge is 0.329 e. The number of amides is 1. The summed E-state index contributed by atoms with van der Waals surface area (Å²) < 4.78 is 0. The van der Waals surface area contributed by atoms with E-state index < -0.39 is 11.5 Å². The van der Waals surface area contributed by atoms with Crippen LogP contribution in [0.5, 0.6) is 0 Å². The highest BCUT2D eigenvalue weighted by Crippen LogP contribution is 2.39. The van der Waals surface area contributed by atoms with E-state index in [-0.39, 0.29) is 11.9 Å². The van der Waals surface area contributed by atoms with E-state index in [1.165, 1.54) is 6.92 Å². The number of carbonyl (C=O) groups is 2. The van der Waals surface area contributed by atoms with E-state index in [4.69, 9.17) is 0 Å². The maximum atomic E-state index is 11.9. The zero-order chi connectivity index (χ0) is 14.9. The van der Waals surface area contributed by atoms with Gasteiger partial charge in [0, 0.05) is 32.6 Å². The number of nitrogens with zero attached hydrogens (tertiary/aromatic N) is 2. The standard InChI is InChI=1S/C15H26N2O3/c1-11(2)10-16-8-6-15(7-9-16,14(19)20)17(12(3)18)13-4-5-13/h11,13H,4-10H2,1-3H3,(H,19,20). The fourth-order valence-electron chi connectivity index (χ4n) is 3.42.